The molecule has 0 saturated heterocycles. The standard InChI is InChI=1S/C19H17N3OS/c23-17(19-10-15-8-4-5-9-18(15)24-19)11-16-13-22(21-20-16)12-14-6-2-1-3-7-14/h1-10,13,17,23H,11-12H2. The number of aliphatic hydroxyl groups excluding tert-OH is 1. The van der Waals surface area contributed by atoms with Gasteiger partial charge in [-0.05, 0) is 23.1 Å². The van der Waals surface area contributed by atoms with Gasteiger partial charge in [0.25, 0.3) is 0 Å². The number of aliphatic hydroxyl groups is 1. The third-order valence-electron chi connectivity index (χ3n) is 3.95. The molecule has 4 nitrogen and oxygen atoms in total. The maximum absolute atomic E-state index is 10.5. The topological polar surface area (TPSA) is 50.9 Å². The zero-order valence-corrected chi connectivity index (χ0v) is 13.9. The fourth-order valence-corrected chi connectivity index (χ4v) is 3.80. The summed E-state index contributed by atoms with van der Waals surface area (Å²) in [6.45, 7) is 0.687. The first-order valence-corrected chi connectivity index (χ1v) is 8.69. The largest absolute Gasteiger partial charge is 0.387 e. The molecule has 0 aliphatic heterocycles. The van der Waals surface area contributed by atoms with Crippen LogP contribution in [-0.4, -0.2) is 20.1 Å². The molecule has 4 aromatic rings. The molecule has 24 heavy (non-hydrogen) atoms. The highest BCUT2D eigenvalue weighted by molar-refractivity contribution is 7.19. The Balaban J connectivity index is 1.47. The number of hydrogen-bond donors (Lipinski definition) is 1. The molecule has 0 bridgehead atoms. The molecule has 1 unspecified atom stereocenters. The van der Waals surface area contributed by atoms with Crippen LogP contribution in [-0.2, 0) is 13.0 Å². The van der Waals surface area contributed by atoms with Gasteiger partial charge < -0.3 is 5.11 Å². The van der Waals surface area contributed by atoms with Gasteiger partial charge in [0.15, 0.2) is 0 Å². The Kier molecular flexibility index (Phi) is 4.11. The van der Waals surface area contributed by atoms with Gasteiger partial charge in [-0.2, -0.15) is 0 Å². The van der Waals surface area contributed by atoms with Crippen molar-refractivity contribution in [3.05, 3.63) is 83.0 Å². The third-order valence-corrected chi connectivity index (χ3v) is 5.17. The number of benzene rings is 2. The van der Waals surface area contributed by atoms with Crippen LogP contribution >= 0.6 is 11.3 Å². The van der Waals surface area contributed by atoms with E-state index in [1.807, 2.05) is 41.2 Å². The van der Waals surface area contributed by atoms with Gasteiger partial charge in [-0.15, -0.1) is 16.4 Å². The van der Waals surface area contributed by atoms with Gasteiger partial charge in [0, 0.05) is 22.2 Å². The van der Waals surface area contributed by atoms with Crippen LogP contribution < -0.4 is 0 Å². The molecule has 2 aromatic heterocycles. The number of thiophene rings is 1. The molecular weight excluding hydrogens is 318 g/mol. The summed E-state index contributed by atoms with van der Waals surface area (Å²) in [5.74, 6) is 0. The van der Waals surface area contributed by atoms with E-state index in [1.165, 1.54) is 15.6 Å². The molecule has 0 aliphatic carbocycles. The van der Waals surface area contributed by atoms with Crippen LogP contribution in [0.15, 0.2) is 66.9 Å². The Bertz CT molecular complexity index is 912. The van der Waals surface area contributed by atoms with Crippen LogP contribution in [0.3, 0.4) is 0 Å². The van der Waals surface area contributed by atoms with Crippen molar-refractivity contribution >= 4 is 21.4 Å². The lowest BCUT2D eigenvalue weighted by atomic mass is 10.1. The highest BCUT2D eigenvalue weighted by atomic mass is 32.1. The van der Waals surface area contributed by atoms with Crippen molar-refractivity contribution in [2.24, 2.45) is 0 Å². The molecule has 0 saturated carbocycles. The zero-order valence-electron chi connectivity index (χ0n) is 13.0. The molecule has 2 heterocycles. The molecular formula is C19H17N3OS. The lowest BCUT2D eigenvalue weighted by Crippen LogP contribution is -2.00. The van der Waals surface area contributed by atoms with E-state index >= 15 is 0 Å². The molecule has 0 fully saturated rings. The molecule has 5 heteroatoms. The van der Waals surface area contributed by atoms with Gasteiger partial charge in [-0.25, -0.2) is 4.68 Å². The van der Waals surface area contributed by atoms with Gasteiger partial charge in [0.05, 0.1) is 18.3 Å². The van der Waals surface area contributed by atoms with Gasteiger partial charge in [-0.3, -0.25) is 0 Å². The van der Waals surface area contributed by atoms with Crippen molar-refractivity contribution in [3.63, 3.8) is 0 Å². The van der Waals surface area contributed by atoms with E-state index in [0.717, 1.165) is 10.6 Å². The minimum Gasteiger partial charge on any atom is -0.387 e. The SMILES string of the molecule is OC(Cc1cn(Cc2ccccc2)nn1)c1cc2ccccc2s1. The maximum atomic E-state index is 10.5. The summed E-state index contributed by atoms with van der Waals surface area (Å²) in [4.78, 5) is 0.966. The molecule has 4 rings (SSSR count). The first-order chi connectivity index (χ1) is 11.8. The third kappa shape index (κ3) is 3.22. The minimum absolute atomic E-state index is 0.474. The summed E-state index contributed by atoms with van der Waals surface area (Å²) >= 11 is 1.63. The van der Waals surface area contributed by atoms with Crippen molar-refractivity contribution in [1.82, 2.24) is 15.0 Å². The number of rotatable bonds is 5. The fourth-order valence-electron chi connectivity index (χ4n) is 2.75. The van der Waals surface area contributed by atoms with Crippen molar-refractivity contribution in [1.29, 1.82) is 0 Å². The van der Waals surface area contributed by atoms with Crippen LogP contribution in [0.25, 0.3) is 10.1 Å². The van der Waals surface area contributed by atoms with Crippen molar-refractivity contribution in [2.45, 2.75) is 19.1 Å². The van der Waals surface area contributed by atoms with Crippen LogP contribution in [0.4, 0.5) is 0 Å². The van der Waals surface area contributed by atoms with E-state index in [1.54, 1.807) is 11.3 Å². The van der Waals surface area contributed by atoms with Crippen LogP contribution in [0.5, 0.6) is 0 Å². The van der Waals surface area contributed by atoms with Gasteiger partial charge in [-0.1, -0.05) is 53.7 Å². The van der Waals surface area contributed by atoms with Gasteiger partial charge >= 0.3 is 0 Å². The lowest BCUT2D eigenvalue weighted by Gasteiger charge is -2.05. The Labute approximate surface area is 144 Å². The summed E-state index contributed by atoms with van der Waals surface area (Å²) in [5.41, 5.74) is 1.98. The van der Waals surface area contributed by atoms with E-state index in [0.29, 0.717) is 13.0 Å². The average Bonchev–Trinajstić information content (AvgIpc) is 3.22. The summed E-state index contributed by atoms with van der Waals surface area (Å²) in [5, 5.41) is 20.0. The Morgan fingerprint density at radius 2 is 1.83 bits per heavy atom. The molecule has 2 aromatic carbocycles. The number of fused-ring (bicyclic) bond motifs is 1. The highest BCUT2D eigenvalue weighted by Crippen LogP contribution is 2.31. The van der Waals surface area contributed by atoms with E-state index in [-0.39, 0.29) is 0 Å². The van der Waals surface area contributed by atoms with Crippen LogP contribution in [0.2, 0.25) is 0 Å². The summed E-state index contributed by atoms with van der Waals surface area (Å²) in [6, 6.07) is 20.4. The predicted octanol–water partition coefficient (Wildman–Crippen LogP) is 3.82. The Morgan fingerprint density at radius 1 is 1.04 bits per heavy atom. The molecule has 1 atom stereocenters. The lowest BCUT2D eigenvalue weighted by molar-refractivity contribution is 0.181. The molecule has 120 valence electrons. The highest BCUT2D eigenvalue weighted by Gasteiger charge is 2.14. The van der Waals surface area contributed by atoms with E-state index < -0.39 is 6.10 Å². The Hall–Kier alpha value is -2.50. The monoisotopic (exact) mass is 335 g/mol. The van der Waals surface area contributed by atoms with Crippen LogP contribution in [0, 0.1) is 0 Å². The molecule has 0 radical (unpaired) electrons. The van der Waals surface area contributed by atoms with E-state index in [2.05, 4.69) is 40.6 Å². The second kappa shape index (κ2) is 6.55. The molecule has 1 N–H and O–H groups in total. The zero-order chi connectivity index (χ0) is 16.4. The first-order valence-electron chi connectivity index (χ1n) is 7.87. The second-order valence-electron chi connectivity index (χ2n) is 5.80. The van der Waals surface area contributed by atoms with Crippen molar-refractivity contribution in [3.8, 4) is 0 Å². The van der Waals surface area contributed by atoms with Gasteiger partial charge in [0.1, 0.15) is 0 Å². The number of hydrogen-bond acceptors (Lipinski definition) is 4. The fraction of sp³-hybridized carbons (Fsp3) is 0.158. The quantitative estimate of drug-likeness (QED) is 0.603. The smallest absolute Gasteiger partial charge is 0.0938 e. The van der Waals surface area contributed by atoms with Crippen molar-refractivity contribution in [2.75, 3.05) is 0 Å². The molecule has 0 spiro atoms. The van der Waals surface area contributed by atoms with E-state index in [4.69, 9.17) is 0 Å². The second-order valence-corrected chi connectivity index (χ2v) is 6.91. The maximum Gasteiger partial charge on any atom is 0.0938 e. The minimum atomic E-state index is -0.552. The van der Waals surface area contributed by atoms with Gasteiger partial charge in [0.2, 0.25) is 0 Å². The Morgan fingerprint density at radius 3 is 2.67 bits per heavy atom. The first kappa shape index (κ1) is 15.1. The van der Waals surface area contributed by atoms with Crippen molar-refractivity contribution < 1.29 is 5.11 Å². The van der Waals surface area contributed by atoms with E-state index in [9.17, 15) is 5.11 Å². The number of nitrogens with zero attached hydrogens (tertiary/aromatic N) is 3. The summed E-state index contributed by atoms with van der Waals surface area (Å²) in [7, 11) is 0. The normalized spacial score (nSPS) is 12.5. The summed E-state index contributed by atoms with van der Waals surface area (Å²) in [6.07, 6.45) is 1.83. The van der Waals surface area contributed by atoms with Crippen LogP contribution in [0.1, 0.15) is 22.2 Å². The molecule has 0 aliphatic rings. The summed E-state index contributed by atoms with van der Waals surface area (Å²) < 4.78 is 3.00. The number of aromatic nitrogens is 3. The average molecular weight is 335 g/mol. The predicted molar refractivity (Wildman–Crippen MR) is 96.1 cm³/mol. The molecule has 0 amide bonds.